The Morgan fingerprint density at radius 3 is 0.737 bits per heavy atom. The Kier molecular flexibility index (Phi) is 27.9. The number of hydrogen-bond acceptors (Lipinski definition) is 4. The van der Waals surface area contributed by atoms with Gasteiger partial charge in [0.15, 0.2) is 11.8 Å². The van der Waals surface area contributed by atoms with E-state index in [0.717, 1.165) is 25.7 Å². The first-order chi connectivity index (χ1) is 18.2. The molecule has 0 aliphatic carbocycles. The van der Waals surface area contributed by atoms with Gasteiger partial charge in [0.2, 0.25) is 0 Å². The highest BCUT2D eigenvalue weighted by Crippen LogP contribution is 2.16. The molecule has 4 N–H and O–H groups in total. The van der Waals surface area contributed by atoms with Crippen LogP contribution in [0.2, 0.25) is 0 Å². The van der Waals surface area contributed by atoms with Crippen molar-refractivity contribution in [3.63, 3.8) is 0 Å². The molecular formula is C30H56O8. The second kappa shape index (κ2) is 27.9. The molecule has 0 aromatic carbocycles. The van der Waals surface area contributed by atoms with Crippen LogP contribution in [0.1, 0.15) is 155 Å². The van der Waals surface area contributed by atoms with Crippen molar-refractivity contribution in [2.24, 2.45) is 11.8 Å². The lowest BCUT2D eigenvalue weighted by molar-refractivity contribution is -0.156. The van der Waals surface area contributed by atoms with Gasteiger partial charge in [-0.1, -0.05) is 142 Å². The van der Waals surface area contributed by atoms with Crippen LogP contribution in [0.3, 0.4) is 0 Å². The van der Waals surface area contributed by atoms with Gasteiger partial charge in [-0.05, 0) is 12.8 Å². The number of carboxylic acid groups (broad SMARTS) is 4. The largest absolute Gasteiger partial charge is 0.481 e. The minimum Gasteiger partial charge on any atom is -0.481 e. The summed E-state index contributed by atoms with van der Waals surface area (Å²) in [5.41, 5.74) is 0. The summed E-state index contributed by atoms with van der Waals surface area (Å²) in [5, 5.41) is 34.8. The van der Waals surface area contributed by atoms with E-state index >= 15 is 0 Å². The normalized spacial score (nSPS) is 10.8. The molecule has 8 heteroatoms. The Hall–Kier alpha value is -2.12. The van der Waals surface area contributed by atoms with Crippen molar-refractivity contribution in [3.8, 4) is 0 Å². The predicted octanol–water partition coefficient (Wildman–Crippen LogP) is 8.17. The molecule has 0 aromatic heterocycles. The molecule has 0 fully saturated rings. The topological polar surface area (TPSA) is 149 Å². The van der Waals surface area contributed by atoms with E-state index in [1.54, 1.807) is 0 Å². The van der Waals surface area contributed by atoms with Gasteiger partial charge in [0.05, 0.1) is 0 Å². The van der Waals surface area contributed by atoms with Crippen LogP contribution < -0.4 is 0 Å². The van der Waals surface area contributed by atoms with Crippen LogP contribution in [0.5, 0.6) is 0 Å². The third-order valence-electron chi connectivity index (χ3n) is 6.89. The van der Waals surface area contributed by atoms with Crippen molar-refractivity contribution in [1.82, 2.24) is 0 Å². The molecule has 8 nitrogen and oxygen atoms in total. The molecule has 224 valence electrons. The number of carboxylic acids is 4. The third kappa shape index (κ3) is 25.5. The first-order valence-corrected chi connectivity index (χ1v) is 15.1. The fourth-order valence-electron chi connectivity index (χ4n) is 4.38. The van der Waals surface area contributed by atoms with Crippen molar-refractivity contribution in [1.29, 1.82) is 0 Å². The maximum Gasteiger partial charge on any atom is 0.317 e. The van der Waals surface area contributed by atoms with Crippen LogP contribution in [0.25, 0.3) is 0 Å². The Morgan fingerprint density at radius 2 is 0.553 bits per heavy atom. The van der Waals surface area contributed by atoms with Gasteiger partial charge in [0.25, 0.3) is 0 Å². The molecule has 0 saturated carbocycles. The van der Waals surface area contributed by atoms with Gasteiger partial charge in [0, 0.05) is 0 Å². The fourth-order valence-corrected chi connectivity index (χ4v) is 4.38. The maximum atomic E-state index is 10.7. The van der Waals surface area contributed by atoms with Crippen molar-refractivity contribution in [2.75, 3.05) is 0 Å². The highest BCUT2D eigenvalue weighted by molar-refractivity contribution is 5.93. The summed E-state index contributed by atoms with van der Waals surface area (Å²) in [7, 11) is 0. The summed E-state index contributed by atoms with van der Waals surface area (Å²) >= 11 is 0. The Labute approximate surface area is 230 Å². The SMILES string of the molecule is CCCCCCCCCCCC(C(=O)O)C(=O)O.CCCCCCCCCCCCCC(C(=O)O)C(=O)O. The minimum atomic E-state index is -1.23. The third-order valence-corrected chi connectivity index (χ3v) is 6.89. The van der Waals surface area contributed by atoms with Crippen molar-refractivity contribution >= 4 is 23.9 Å². The molecule has 0 aromatic rings. The van der Waals surface area contributed by atoms with Crippen LogP contribution >= 0.6 is 0 Å². The fraction of sp³-hybridized carbons (Fsp3) is 0.867. The molecule has 38 heavy (non-hydrogen) atoms. The van der Waals surface area contributed by atoms with Gasteiger partial charge in [-0.25, -0.2) is 0 Å². The van der Waals surface area contributed by atoms with E-state index in [2.05, 4.69) is 13.8 Å². The highest BCUT2D eigenvalue weighted by Gasteiger charge is 2.25. The first kappa shape index (κ1) is 38.0. The summed E-state index contributed by atoms with van der Waals surface area (Å²) in [6.07, 6.45) is 23.8. The van der Waals surface area contributed by atoms with Crippen molar-refractivity contribution in [3.05, 3.63) is 0 Å². The van der Waals surface area contributed by atoms with Gasteiger partial charge in [0.1, 0.15) is 0 Å². The lowest BCUT2D eigenvalue weighted by Gasteiger charge is -2.06. The van der Waals surface area contributed by atoms with Crippen molar-refractivity contribution in [2.45, 2.75) is 155 Å². The van der Waals surface area contributed by atoms with E-state index in [1.807, 2.05) is 0 Å². The number of hydrogen-bond donors (Lipinski definition) is 4. The summed E-state index contributed by atoms with van der Waals surface area (Å²) < 4.78 is 0. The zero-order chi connectivity index (χ0) is 29.0. The molecule has 0 aliphatic rings. The number of aliphatic carboxylic acids is 4. The zero-order valence-electron chi connectivity index (χ0n) is 24.1. The van der Waals surface area contributed by atoms with Gasteiger partial charge in [-0.15, -0.1) is 0 Å². The van der Waals surface area contributed by atoms with E-state index < -0.39 is 35.7 Å². The maximum absolute atomic E-state index is 10.7. The van der Waals surface area contributed by atoms with Gasteiger partial charge < -0.3 is 20.4 Å². The lowest BCUT2D eigenvalue weighted by atomic mass is 10.00. The molecule has 0 bridgehead atoms. The van der Waals surface area contributed by atoms with E-state index in [0.29, 0.717) is 12.8 Å². The van der Waals surface area contributed by atoms with Crippen LogP contribution in [0.15, 0.2) is 0 Å². The average Bonchev–Trinajstić information content (AvgIpc) is 2.85. The molecule has 0 saturated heterocycles. The van der Waals surface area contributed by atoms with E-state index in [9.17, 15) is 19.2 Å². The second-order valence-corrected chi connectivity index (χ2v) is 10.4. The van der Waals surface area contributed by atoms with Crippen LogP contribution in [0, 0.1) is 11.8 Å². The molecule has 0 radical (unpaired) electrons. The summed E-state index contributed by atoms with van der Waals surface area (Å²) in [6.45, 7) is 4.42. The summed E-state index contributed by atoms with van der Waals surface area (Å²) in [5.74, 6) is -7.33. The summed E-state index contributed by atoms with van der Waals surface area (Å²) in [4.78, 5) is 42.6. The van der Waals surface area contributed by atoms with Gasteiger partial charge in [-0.2, -0.15) is 0 Å². The van der Waals surface area contributed by atoms with Gasteiger partial charge >= 0.3 is 23.9 Å². The van der Waals surface area contributed by atoms with Crippen molar-refractivity contribution < 1.29 is 39.6 Å². The number of rotatable bonds is 26. The molecule has 0 rings (SSSR count). The average molecular weight is 545 g/mol. The molecule has 0 unspecified atom stereocenters. The molecule has 0 spiro atoms. The molecule has 0 amide bonds. The van der Waals surface area contributed by atoms with E-state index in [4.69, 9.17) is 20.4 Å². The van der Waals surface area contributed by atoms with Gasteiger partial charge in [-0.3, -0.25) is 19.2 Å². The number of carbonyl (C=O) groups is 4. The second-order valence-electron chi connectivity index (χ2n) is 10.4. The van der Waals surface area contributed by atoms with E-state index in [-0.39, 0.29) is 12.8 Å². The molecule has 0 aliphatic heterocycles. The zero-order valence-corrected chi connectivity index (χ0v) is 24.1. The molecular weight excluding hydrogens is 488 g/mol. The summed E-state index contributed by atoms with van der Waals surface area (Å²) in [6, 6.07) is 0. The number of unbranched alkanes of at least 4 members (excludes halogenated alkanes) is 18. The van der Waals surface area contributed by atoms with E-state index in [1.165, 1.54) is 89.9 Å². The predicted molar refractivity (Wildman–Crippen MR) is 150 cm³/mol. The van der Waals surface area contributed by atoms with Crippen LogP contribution in [-0.2, 0) is 19.2 Å². The molecule has 0 atom stereocenters. The van der Waals surface area contributed by atoms with Crippen LogP contribution in [-0.4, -0.2) is 44.3 Å². The monoisotopic (exact) mass is 544 g/mol. The quantitative estimate of drug-likeness (QED) is 0.0629. The van der Waals surface area contributed by atoms with Crippen LogP contribution in [0.4, 0.5) is 0 Å². The first-order valence-electron chi connectivity index (χ1n) is 15.1. The smallest absolute Gasteiger partial charge is 0.317 e. The Balaban J connectivity index is 0. The highest BCUT2D eigenvalue weighted by atomic mass is 16.4. The molecule has 0 heterocycles. The lowest BCUT2D eigenvalue weighted by Crippen LogP contribution is -2.23. The standard InChI is InChI=1S/C16H30O4.C14H26O4/c1-2-3-4-5-6-7-8-9-10-11-12-13-14(15(17)18)16(19)20;1-2-3-4-5-6-7-8-9-10-11-12(13(15)16)14(17)18/h14H,2-13H2,1H3,(H,17,18)(H,19,20);12H,2-11H2,1H3,(H,15,16)(H,17,18). The Bertz CT molecular complexity index is 577. The minimum absolute atomic E-state index is 0.250. The Morgan fingerprint density at radius 1 is 0.368 bits per heavy atom.